The van der Waals surface area contributed by atoms with Crippen LogP contribution in [0.4, 0.5) is 5.69 Å². The number of rotatable bonds is 2. The van der Waals surface area contributed by atoms with Gasteiger partial charge in [0.15, 0.2) is 0 Å². The molecule has 2 fully saturated rings. The third kappa shape index (κ3) is 2.80. The van der Waals surface area contributed by atoms with Crippen molar-refractivity contribution in [3.8, 4) is 0 Å². The van der Waals surface area contributed by atoms with Gasteiger partial charge in [-0.3, -0.25) is 4.79 Å². The first-order valence-corrected chi connectivity index (χ1v) is 7.16. The Morgan fingerprint density at radius 1 is 1.21 bits per heavy atom. The average Bonchev–Trinajstić information content (AvgIpc) is 2.49. The van der Waals surface area contributed by atoms with Gasteiger partial charge in [-0.15, -0.1) is 0 Å². The summed E-state index contributed by atoms with van der Waals surface area (Å²) in [5.74, 6) is 0.761. The van der Waals surface area contributed by atoms with Gasteiger partial charge in [0, 0.05) is 25.3 Å². The molecule has 19 heavy (non-hydrogen) atoms. The first kappa shape index (κ1) is 12.6. The number of nitrogens with one attached hydrogen (secondary N) is 2. The van der Waals surface area contributed by atoms with Crippen molar-refractivity contribution in [2.75, 3.05) is 37.6 Å². The quantitative estimate of drug-likeness (QED) is 0.835. The fraction of sp³-hybridized carbons (Fsp3) is 0.533. The molecule has 0 spiro atoms. The standard InChI is InChI=1S/C15H21N3O/c19-15-11-17-7-8-18(15)14-5-1-3-12(9-14)13-4-2-6-16-10-13/h1,3,5,9,13,16-17H,2,4,6-8,10-11H2. The summed E-state index contributed by atoms with van der Waals surface area (Å²) in [5, 5.41) is 6.56. The minimum absolute atomic E-state index is 0.171. The summed E-state index contributed by atoms with van der Waals surface area (Å²) >= 11 is 0. The van der Waals surface area contributed by atoms with E-state index < -0.39 is 0 Å². The maximum absolute atomic E-state index is 11.9. The van der Waals surface area contributed by atoms with Crippen molar-refractivity contribution in [2.24, 2.45) is 0 Å². The van der Waals surface area contributed by atoms with E-state index in [0.717, 1.165) is 31.9 Å². The van der Waals surface area contributed by atoms with Gasteiger partial charge >= 0.3 is 0 Å². The lowest BCUT2D eigenvalue weighted by Crippen LogP contribution is -2.48. The van der Waals surface area contributed by atoms with Crippen LogP contribution in [0.2, 0.25) is 0 Å². The van der Waals surface area contributed by atoms with Gasteiger partial charge in [-0.2, -0.15) is 0 Å². The van der Waals surface area contributed by atoms with E-state index in [2.05, 4.69) is 28.8 Å². The highest BCUT2D eigenvalue weighted by atomic mass is 16.2. The van der Waals surface area contributed by atoms with Gasteiger partial charge < -0.3 is 15.5 Å². The van der Waals surface area contributed by atoms with Crippen LogP contribution in [-0.2, 0) is 4.79 Å². The van der Waals surface area contributed by atoms with E-state index in [9.17, 15) is 4.79 Å². The first-order chi connectivity index (χ1) is 9.34. The Bertz CT molecular complexity index is 454. The maximum Gasteiger partial charge on any atom is 0.240 e. The molecule has 2 saturated heterocycles. The number of nitrogens with zero attached hydrogens (tertiary/aromatic N) is 1. The van der Waals surface area contributed by atoms with E-state index in [-0.39, 0.29) is 5.91 Å². The molecule has 1 atom stereocenters. The number of piperidine rings is 1. The van der Waals surface area contributed by atoms with E-state index in [4.69, 9.17) is 0 Å². The second-order valence-electron chi connectivity index (χ2n) is 5.36. The Hall–Kier alpha value is -1.39. The number of piperazine rings is 1. The molecule has 2 heterocycles. The Morgan fingerprint density at radius 2 is 2.16 bits per heavy atom. The second kappa shape index (κ2) is 5.72. The van der Waals surface area contributed by atoms with Crippen LogP contribution in [0.3, 0.4) is 0 Å². The van der Waals surface area contributed by atoms with Crippen molar-refractivity contribution in [3.05, 3.63) is 29.8 Å². The van der Waals surface area contributed by atoms with Gasteiger partial charge in [-0.25, -0.2) is 0 Å². The van der Waals surface area contributed by atoms with Gasteiger partial charge in [0.25, 0.3) is 0 Å². The molecule has 1 amide bonds. The third-order valence-electron chi connectivity index (χ3n) is 4.04. The van der Waals surface area contributed by atoms with E-state index in [1.807, 2.05) is 11.0 Å². The zero-order valence-corrected chi connectivity index (χ0v) is 11.2. The highest BCUT2D eigenvalue weighted by Crippen LogP contribution is 2.27. The summed E-state index contributed by atoms with van der Waals surface area (Å²) in [6, 6.07) is 8.51. The highest BCUT2D eigenvalue weighted by molar-refractivity contribution is 5.95. The number of carbonyl (C=O) groups excluding carboxylic acids is 1. The molecule has 4 heteroatoms. The molecule has 4 nitrogen and oxygen atoms in total. The summed E-state index contributed by atoms with van der Waals surface area (Å²) < 4.78 is 0. The summed E-state index contributed by atoms with van der Waals surface area (Å²) in [4.78, 5) is 13.8. The fourth-order valence-corrected chi connectivity index (χ4v) is 2.96. The van der Waals surface area contributed by atoms with Crippen LogP contribution < -0.4 is 15.5 Å². The molecule has 3 rings (SSSR count). The largest absolute Gasteiger partial charge is 0.316 e. The van der Waals surface area contributed by atoms with E-state index in [1.54, 1.807) is 0 Å². The van der Waals surface area contributed by atoms with Gasteiger partial charge in [0.1, 0.15) is 0 Å². The van der Waals surface area contributed by atoms with E-state index in [1.165, 1.54) is 18.4 Å². The average molecular weight is 259 g/mol. The number of hydrogen-bond donors (Lipinski definition) is 2. The Morgan fingerprint density at radius 3 is 2.95 bits per heavy atom. The normalized spacial score (nSPS) is 24.5. The van der Waals surface area contributed by atoms with Crippen LogP contribution in [0.5, 0.6) is 0 Å². The van der Waals surface area contributed by atoms with Gasteiger partial charge in [-0.1, -0.05) is 12.1 Å². The SMILES string of the molecule is O=C1CNCCN1c1cccc(C2CCCNC2)c1. The summed E-state index contributed by atoms with van der Waals surface area (Å²) in [7, 11) is 0. The van der Waals surface area contributed by atoms with Crippen molar-refractivity contribution >= 4 is 11.6 Å². The van der Waals surface area contributed by atoms with Crippen LogP contribution in [-0.4, -0.2) is 38.6 Å². The molecule has 102 valence electrons. The molecule has 2 aliphatic heterocycles. The zero-order valence-electron chi connectivity index (χ0n) is 11.2. The lowest BCUT2D eigenvalue weighted by molar-refractivity contribution is -0.118. The number of hydrogen-bond acceptors (Lipinski definition) is 3. The third-order valence-corrected chi connectivity index (χ3v) is 4.04. The Balaban J connectivity index is 1.80. The molecule has 0 saturated carbocycles. The Labute approximate surface area is 114 Å². The summed E-state index contributed by atoms with van der Waals surface area (Å²) in [6.07, 6.45) is 2.48. The lowest BCUT2D eigenvalue weighted by Gasteiger charge is -2.29. The molecule has 0 bridgehead atoms. The molecule has 2 aliphatic rings. The molecule has 0 aromatic heterocycles. The number of amides is 1. The van der Waals surface area contributed by atoms with E-state index >= 15 is 0 Å². The summed E-state index contributed by atoms with van der Waals surface area (Å²) in [5.41, 5.74) is 2.41. The minimum Gasteiger partial charge on any atom is -0.316 e. The number of carbonyl (C=O) groups is 1. The van der Waals surface area contributed by atoms with Crippen LogP contribution in [0.15, 0.2) is 24.3 Å². The predicted octanol–water partition coefficient (Wildman–Crippen LogP) is 1.09. The van der Waals surface area contributed by atoms with Gasteiger partial charge in [-0.05, 0) is 43.0 Å². The second-order valence-corrected chi connectivity index (χ2v) is 5.36. The molecular formula is C15H21N3O. The molecule has 0 aliphatic carbocycles. The van der Waals surface area contributed by atoms with E-state index in [0.29, 0.717) is 12.5 Å². The number of benzene rings is 1. The van der Waals surface area contributed by atoms with Crippen LogP contribution in [0, 0.1) is 0 Å². The van der Waals surface area contributed by atoms with Crippen LogP contribution in [0.25, 0.3) is 0 Å². The topological polar surface area (TPSA) is 44.4 Å². The fourth-order valence-electron chi connectivity index (χ4n) is 2.96. The van der Waals surface area contributed by atoms with Crippen molar-refractivity contribution in [1.29, 1.82) is 0 Å². The summed E-state index contributed by atoms with van der Waals surface area (Å²) in [6.45, 7) is 4.28. The van der Waals surface area contributed by atoms with Crippen molar-refractivity contribution in [3.63, 3.8) is 0 Å². The van der Waals surface area contributed by atoms with Crippen LogP contribution >= 0.6 is 0 Å². The first-order valence-electron chi connectivity index (χ1n) is 7.16. The predicted molar refractivity (Wildman–Crippen MR) is 76.5 cm³/mol. The van der Waals surface area contributed by atoms with Crippen molar-refractivity contribution in [2.45, 2.75) is 18.8 Å². The molecule has 1 aromatic carbocycles. The smallest absolute Gasteiger partial charge is 0.240 e. The van der Waals surface area contributed by atoms with Gasteiger partial charge in [0.05, 0.1) is 6.54 Å². The van der Waals surface area contributed by atoms with Crippen molar-refractivity contribution < 1.29 is 4.79 Å². The molecule has 0 radical (unpaired) electrons. The molecular weight excluding hydrogens is 238 g/mol. The molecule has 1 unspecified atom stereocenters. The van der Waals surface area contributed by atoms with Crippen LogP contribution in [0.1, 0.15) is 24.3 Å². The van der Waals surface area contributed by atoms with Gasteiger partial charge in [0.2, 0.25) is 5.91 Å². The lowest BCUT2D eigenvalue weighted by atomic mass is 9.91. The molecule has 2 N–H and O–H groups in total. The number of anilines is 1. The monoisotopic (exact) mass is 259 g/mol. The molecule has 1 aromatic rings. The van der Waals surface area contributed by atoms with Crippen molar-refractivity contribution in [1.82, 2.24) is 10.6 Å². The Kier molecular flexibility index (Phi) is 3.80. The maximum atomic E-state index is 11.9. The minimum atomic E-state index is 0.171. The zero-order chi connectivity index (χ0) is 13.1. The highest BCUT2D eigenvalue weighted by Gasteiger charge is 2.21.